The number of aryl methyl sites for hydroxylation is 1. The average Bonchev–Trinajstić information content (AvgIpc) is 2.85. The highest BCUT2D eigenvalue weighted by molar-refractivity contribution is 5.93. The van der Waals surface area contributed by atoms with Crippen molar-refractivity contribution in [3.05, 3.63) is 76.2 Å². The fourth-order valence-corrected chi connectivity index (χ4v) is 3.90. The number of nitrogens with zero attached hydrogens (tertiary/aromatic N) is 4. The van der Waals surface area contributed by atoms with Crippen LogP contribution in [0.15, 0.2) is 59.4 Å². The van der Waals surface area contributed by atoms with Crippen LogP contribution < -0.4 is 20.1 Å². The van der Waals surface area contributed by atoms with Gasteiger partial charge in [-0.25, -0.2) is 4.79 Å². The second-order valence-corrected chi connectivity index (χ2v) is 7.86. The first kappa shape index (κ1) is 22.4. The van der Waals surface area contributed by atoms with Crippen molar-refractivity contribution in [2.75, 3.05) is 49.7 Å². The molecule has 0 atom stereocenters. The van der Waals surface area contributed by atoms with Crippen LogP contribution in [0.5, 0.6) is 5.75 Å². The van der Waals surface area contributed by atoms with Crippen LogP contribution in [-0.4, -0.2) is 55.6 Å². The van der Waals surface area contributed by atoms with Gasteiger partial charge in [0.1, 0.15) is 5.75 Å². The van der Waals surface area contributed by atoms with Gasteiger partial charge in [-0.05, 0) is 50.2 Å². The molecule has 0 bridgehead atoms. The Bertz CT molecular complexity index is 1160. The molecule has 8 nitrogen and oxygen atoms in total. The van der Waals surface area contributed by atoms with Gasteiger partial charge in [0, 0.05) is 37.9 Å². The molecule has 1 aliphatic rings. The van der Waals surface area contributed by atoms with E-state index in [9.17, 15) is 9.59 Å². The second-order valence-electron chi connectivity index (χ2n) is 7.86. The molecule has 0 saturated carbocycles. The number of piperazine rings is 1. The van der Waals surface area contributed by atoms with E-state index in [0.717, 1.165) is 30.1 Å². The first-order valence-electron chi connectivity index (χ1n) is 11.0. The fourth-order valence-electron chi connectivity index (χ4n) is 3.90. The van der Waals surface area contributed by atoms with Crippen LogP contribution in [0.25, 0.3) is 5.69 Å². The summed E-state index contributed by atoms with van der Waals surface area (Å²) in [5.74, 6) is 0.280. The van der Waals surface area contributed by atoms with Gasteiger partial charge in [-0.2, -0.15) is 9.78 Å². The number of ether oxygens (including phenoxy) is 2. The predicted octanol–water partition coefficient (Wildman–Crippen LogP) is 3.05. The van der Waals surface area contributed by atoms with Crippen molar-refractivity contribution in [3.8, 4) is 11.4 Å². The summed E-state index contributed by atoms with van der Waals surface area (Å²) in [7, 11) is 1.65. The number of carbonyl (C=O) groups is 1. The Morgan fingerprint density at radius 3 is 2.15 bits per heavy atom. The first-order valence-corrected chi connectivity index (χ1v) is 11.0. The quantitative estimate of drug-likeness (QED) is 0.537. The molecular weight excluding hydrogens is 420 g/mol. The van der Waals surface area contributed by atoms with Gasteiger partial charge in [-0.15, -0.1) is 0 Å². The lowest BCUT2D eigenvalue weighted by Crippen LogP contribution is -2.47. The number of rotatable bonds is 6. The van der Waals surface area contributed by atoms with E-state index in [-0.39, 0.29) is 17.9 Å². The smallest absolute Gasteiger partial charge is 0.360 e. The number of esters is 1. The standard InChI is InChI=1S/C25H28N4O4/c1-4-33-25(31)24-22(17-23(30)29(26-24)20-7-5-18(2)6-8-20)28-15-13-27(14-16-28)19-9-11-21(32-3)12-10-19/h5-12,17H,4,13-16H2,1-3H3. The van der Waals surface area contributed by atoms with Gasteiger partial charge < -0.3 is 19.3 Å². The summed E-state index contributed by atoms with van der Waals surface area (Å²) >= 11 is 0. The largest absolute Gasteiger partial charge is 0.497 e. The summed E-state index contributed by atoms with van der Waals surface area (Å²) in [5.41, 5.74) is 3.15. The summed E-state index contributed by atoms with van der Waals surface area (Å²) in [6.07, 6.45) is 0. The van der Waals surface area contributed by atoms with Crippen LogP contribution in [0.2, 0.25) is 0 Å². The summed E-state index contributed by atoms with van der Waals surface area (Å²) in [4.78, 5) is 30.0. The van der Waals surface area contributed by atoms with Gasteiger partial charge in [0.05, 0.1) is 25.1 Å². The predicted molar refractivity (Wildman–Crippen MR) is 128 cm³/mol. The van der Waals surface area contributed by atoms with Gasteiger partial charge in [-0.1, -0.05) is 17.7 Å². The summed E-state index contributed by atoms with van der Waals surface area (Å²) in [5, 5.41) is 4.42. The highest BCUT2D eigenvalue weighted by Gasteiger charge is 2.25. The molecule has 0 unspecified atom stereocenters. The van der Waals surface area contributed by atoms with Crippen molar-refractivity contribution >= 4 is 17.3 Å². The maximum absolute atomic E-state index is 12.9. The molecule has 0 amide bonds. The van der Waals surface area contributed by atoms with Gasteiger partial charge >= 0.3 is 5.97 Å². The molecular formula is C25H28N4O4. The minimum absolute atomic E-state index is 0.148. The lowest BCUT2D eigenvalue weighted by atomic mass is 10.2. The van der Waals surface area contributed by atoms with Gasteiger partial charge in [0.15, 0.2) is 5.69 Å². The molecule has 1 saturated heterocycles. The average molecular weight is 449 g/mol. The molecule has 0 spiro atoms. The third kappa shape index (κ3) is 4.84. The number of benzene rings is 2. The molecule has 0 aliphatic carbocycles. The molecule has 1 aromatic heterocycles. The number of anilines is 2. The van der Waals surface area contributed by atoms with E-state index in [1.807, 2.05) is 60.4 Å². The van der Waals surface area contributed by atoms with Crippen molar-refractivity contribution in [2.24, 2.45) is 0 Å². The van der Waals surface area contributed by atoms with Crippen molar-refractivity contribution in [1.82, 2.24) is 9.78 Å². The Morgan fingerprint density at radius 2 is 1.55 bits per heavy atom. The Labute approximate surface area is 193 Å². The zero-order chi connectivity index (χ0) is 23.4. The number of hydrogen-bond acceptors (Lipinski definition) is 7. The zero-order valence-corrected chi connectivity index (χ0v) is 19.2. The summed E-state index contributed by atoms with van der Waals surface area (Å²) in [6.45, 7) is 6.74. The molecule has 0 radical (unpaired) electrons. The number of methoxy groups -OCH3 is 1. The van der Waals surface area contributed by atoms with Crippen LogP contribution in [0.1, 0.15) is 23.0 Å². The lowest BCUT2D eigenvalue weighted by Gasteiger charge is -2.37. The number of hydrogen-bond donors (Lipinski definition) is 0. The van der Waals surface area contributed by atoms with Crippen molar-refractivity contribution in [3.63, 3.8) is 0 Å². The second kappa shape index (κ2) is 9.77. The van der Waals surface area contributed by atoms with E-state index in [0.29, 0.717) is 24.5 Å². The molecule has 2 heterocycles. The van der Waals surface area contributed by atoms with Crippen LogP contribution in [0.4, 0.5) is 11.4 Å². The van der Waals surface area contributed by atoms with E-state index in [2.05, 4.69) is 10.00 Å². The maximum atomic E-state index is 12.9. The Hall–Kier alpha value is -3.81. The topological polar surface area (TPSA) is 76.9 Å². The maximum Gasteiger partial charge on any atom is 0.360 e. The Balaban J connectivity index is 1.61. The number of aromatic nitrogens is 2. The van der Waals surface area contributed by atoms with Crippen molar-refractivity contribution in [1.29, 1.82) is 0 Å². The zero-order valence-electron chi connectivity index (χ0n) is 19.2. The summed E-state index contributed by atoms with van der Waals surface area (Å²) < 4.78 is 11.7. The minimum Gasteiger partial charge on any atom is -0.497 e. The third-order valence-electron chi connectivity index (χ3n) is 5.72. The molecule has 2 aromatic carbocycles. The molecule has 33 heavy (non-hydrogen) atoms. The molecule has 3 aromatic rings. The van der Waals surface area contributed by atoms with Gasteiger partial charge in [0.25, 0.3) is 5.56 Å². The molecule has 1 aliphatic heterocycles. The van der Waals surface area contributed by atoms with E-state index >= 15 is 0 Å². The van der Waals surface area contributed by atoms with Gasteiger partial charge in [-0.3, -0.25) is 4.79 Å². The lowest BCUT2D eigenvalue weighted by molar-refractivity contribution is 0.0518. The summed E-state index contributed by atoms with van der Waals surface area (Å²) in [6, 6.07) is 16.9. The van der Waals surface area contributed by atoms with E-state index in [1.165, 1.54) is 10.7 Å². The normalized spacial score (nSPS) is 13.7. The van der Waals surface area contributed by atoms with Gasteiger partial charge in [0.2, 0.25) is 0 Å². The molecule has 1 fully saturated rings. The monoisotopic (exact) mass is 448 g/mol. The fraction of sp³-hybridized carbons (Fsp3) is 0.320. The van der Waals surface area contributed by atoms with E-state index in [4.69, 9.17) is 9.47 Å². The van der Waals surface area contributed by atoms with Crippen LogP contribution in [-0.2, 0) is 4.74 Å². The highest BCUT2D eigenvalue weighted by atomic mass is 16.5. The first-order chi connectivity index (χ1) is 16.0. The van der Waals surface area contributed by atoms with Crippen LogP contribution >= 0.6 is 0 Å². The number of carbonyl (C=O) groups excluding carboxylic acids is 1. The highest BCUT2D eigenvalue weighted by Crippen LogP contribution is 2.24. The Kier molecular flexibility index (Phi) is 6.63. The molecule has 0 N–H and O–H groups in total. The molecule has 8 heteroatoms. The Morgan fingerprint density at radius 1 is 0.939 bits per heavy atom. The third-order valence-corrected chi connectivity index (χ3v) is 5.72. The van der Waals surface area contributed by atoms with Crippen molar-refractivity contribution < 1.29 is 14.3 Å². The molecule has 172 valence electrons. The SMILES string of the molecule is CCOC(=O)c1nn(-c2ccc(C)cc2)c(=O)cc1N1CCN(c2ccc(OC)cc2)CC1. The van der Waals surface area contributed by atoms with Crippen LogP contribution in [0, 0.1) is 6.92 Å². The minimum atomic E-state index is -0.536. The van der Waals surface area contributed by atoms with E-state index < -0.39 is 5.97 Å². The van der Waals surface area contributed by atoms with Crippen molar-refractivity contribution in [2.45, 2.75) is 13.8 Å². The van der Waals surface area contributed by atoms with Crippen LogP contribution in [0.3, 0.4) is 0 Å². The van der Waals surface area contributed by atoms with E-state index in [1.54, 1.807) is 14.0 Å². The molecule has 4 rings (SSSR count).